The highest BCUT2D eigenvalue weighted by molar-refractivity contribution is 7.92. The van der Waals surface area contributed by atoms with E-state index in [0.29, 0.717) is 24.9 Å². The topological polar surface area (TPSA) is 90.0 Å². The molecule has 8 nitrogen and oxygen atoms in total. The van der Waals surface area contributed by atoms with Crippen molar-refractivity contribution in [2.24, 2.45) is 11.8 Å². The number of nitrogens with zero attached hydrogens (tertiary/aromatic N) is 3. The van der Waals surface area contributed by atoms with E-state index < -0.39 is 20.0 Å². The summed E-state index contributed by atoms with van der Waals surface area (Å²) in [7, 11) is -6.49. The molecule has 2 aliphatic rings. The molecule has 5 rings (SSSR count). The van der Waals surface area contributed by atoms with Crippen LogP contribution in [0.3, 0.4) is 0 Å². The maximum atomic E-state index is 12.3. The van der Waals surface area contributed by atoms with Crippen LogP contribution >= 0.6 is 0 Å². The van der Waals surface area contributed by atoms with Crippen LogP contribution in [-0.4, -0.2) is 80.1 Å². The van der Waals surface area contributed by atoms with Crippen molar-refractivity contribution in [3.63, 3.8) is 0 Å². The Labute approximate surface area is 265 Å². The van der Waals surface area contributed by atoms with E-state index in [4.69, 9.17) is 0 Å². The molecule has 0 saturated carbocycles. The highest BCUT2D eigenvalue weighted by atomic mass is 32.2. The Morgan fingerprint density at radius 3 is 1.70 bits per heavy atom. The summed E-state index contributed by atoms with van der Waals surface area (Å²) in [5.41, 5.74) is 2.87. The SMILES string of the molecule is CS(=O)(=O)N(CC1CCCN(CCc2ccccc2)C1)c1ccccc1.CS(=O)(=O)N(CC1CCCNC1)c1ccccc1. The highest BCUT2D eigenvalue weighted by Crippen LogP contribution is 2.24. The van der Waals surface area contributed by atoms with Crippen LogP contribution < -0.4 is 13.9 Å². The first kappa shape index (κ1) is 34.0. The number of benzene rings is 3. The van der Waals surface area contributed by atoms with Crippen molar-refractivity contribution < 1.29 is 16.8 Å². The summed E-state index contributed by atoms with van der Waals surface area (Å²) in [6, 6.07) is 29.3. The lowest BCUT2D eigenvalue weighted by Crippen LogP contribution is -2.43. The fourth-order valence-corrected chi connectivity index (χ4v) is 8.01. The second-order valence-electron chi connectivity index (χ2n) is 12.0. The van der Waals surface area contributed by atoms with E-state index in [1.54, 1.807) is 4.31 Å². The van der Waals surface area contributed by atoms with Gasteiger partial charge in [-0.25, -0.2) is 16.8 Å². The molecule has 0 bridgehead atoms. The molecule has 2 fully saturated rings. The standard InChI is InChI=1S/C21H28N2O2S.C13H20N2O2S/c1-26(24,25)23(21-12-6-3-7-13-21)18-20-11-8-15-22(17-20)16-14-19-9-4-2-5-10-19;1-18(16,17)15(13-7-3-2-4-8-13)11-12-6-5-9-14-10-12/h2-7,9-10,12-13,20H,8,11,14-18H2,1H3;2-4,7-8,12,14H,5-6,9-11H2,1H3. The van der Waals surface area contributed by atoms with Crippen molar-refractivity contribution in [2.45, 2.75) is 32.1 Å². The minimum Gasteiger partial charge on any atom is -0.316 e. The van der Waals surface area contributed by atoms with E-state index in [9.17, 15) is 16.8 Å². The van der Waals surface area contributed by atoms with Gasteiger partial charge >= 0.3 is 0 Å². The summed E-state index contributed by atoms with van der Waals surface area (Å²) in [5.74, 6) is 0.767. The van der Waals surface area contributed by atoms with Crippen LogP contribution in [0, 0.1) is 11.8 Å². The number of anilines is 2. The first-order valence-corrected chi connectivity index (χ1v) is 19.3. The first-order chi connectivity index (χ1) is 21.1. The van der Waals surface area contributed by atoms with Gasteiger partial charge in [0, 0.05) is 26.2 Å². The van der Waals surface area contributed by atoms with Gasteiger partial charge < -0.3 is 10.2 Å². The summed E-state index contributed by atoms with van der Waals surface area (Å²) >= 11 is 0. The maximum absolute atomic E-state index is 12.3. The monoisotopic (exact) mass is 640 g/mol. The molecule has 0 spiro atoms. The Bertz CT molecular complexity index is 1470. The Hall–Kier alpha value is -2.92. The lowest BCUT2D eigenvalue weighted by Gasteiger charge is -2.35. The van der Waals surface area contributed by atoms with Crippen LogP contribution in [0.25, 0.3) is 0 Å². The number of sulfonamides is 2. The molecule has 1 N–H and O–H groups in total. The van der Waals surface area contributed by atoms with Crippen LogP contribution in [0.5, 0.6) is 0 Å². The highest BCUT2D eigenvalue weighted by Gasteiger charge is 2.26. The molecule has 0 aromatic heterocycles. The number of likely N-dealkylation sites (tertiary alicyclic amines) is 1. The third-order valence-corrected chi connectivity index (χ3v) is 10.6. The second-order valence-corrected chi connectivity index (χ2v) is 15.8. The van der Waals surface area contributed by atoms with Gasteiger partial charge in [-0.1, -0.05) is 66.7 Å². The molecule has 3 aromatic carbocycles. The number of hydrogen-bond acceptors (Lipinski definition) is 6. The van der Waals surface area contributed by atoms with Crippen molar-refractivity contribution >= 4 is 31.4 Å². The Morgan fingerprint density at radius 1 is 0.705 bits per heavy atom. The summed E-state index contributed by atoms with van der Waals surface area (Å²) < 4.78 is 51.5. The van der Waals surface area contributed by atoms with E-state index in [1.807, 2.05) is 66.7 Å². The third-order valence-electron chi connectivity index (χ3n) is 8.30. The van der Waals surface area contributed by atoms with Gasteiger partial charge in [0.05, 0.1) is 23.9 Å². The summed E-state index contributed by atoms with van der Waals surface area (Å²) in [5, 5.41) is 3.32. The molecule has 2 unspecified atom stereocenters. The van der Waals surface area contributed by atoms with Gasteiger partial charge in [-0.3, -0.25) is 8.61 Å². The van der Waals surface area contributed by atoms with Crippen LogP contribution in [0.4, 0.5) is 11.4 Å². The zero-order chi connectivity index (χ0) is 31.4. The minimum atomic E-state index is -3.28. The zero-order valence-corrected chi connectivity index (χ0v) is 27.7. The molecule has 0 aliphatic carbocycles. The van der Waals surface area contributed by atoms with E-state index >= 15 is 0 Å². The van der Waals surface area contributed by atoms with Crippen LogP contribution in [0.2, 0.25) is 0 Å². The molecule has 10 heteroatoms. The zero-order valence-electron chi connectivity index (χ0n) is 26.1. The molecule has 2 saturated heterocycles. The van der Waals surface area contributed by atoms with Gasteiger partial charge in [-0.05, 0) is 93.4 Å². The Morgan fingerprint density at radius 2 is 1.20 bits per heavy atom. The van der Waals surface area contributed by atoms with Crippen LogP contribution in [0.15, 0.2) is 91.0 Å². The molecule has 44 heavy (non-hydrogen) atoms. The smallest absolute Gasteiger partial charge is 0.232 e. The predicted octanol–water partition coefficient (Wildman–Crippen LogP) is 4.86. The van der Waals surface area contributed by atoms with Crippen LogP contribution in [-0.2, 0) is 26.5 Å². The molecule has 2 atom stereocenters. The van der Waals surface area contributed by atoms with Gasteiger partial charge in [0.15, 0.2) is 0 Å². The van der Waals surface area contributed by atoms with Crippen molar-refractivity contribution in [2.75, 3.05) is 66.9 Å². The summed E-state index contributed by atoms with van der Waals surface area (Å²) in [4.78, 5) is 2.48. The van der Waals surface area contributed by atoms with Crippen molar-refractivity contribution in [3.05, 3.63) is 96.6 Å². The third kappa shape index (κ3) is 10.9. The fourth-order valence-electron chi connectivity index (χ4n) is 6.04. The quantitative estimate of drug-likeness (QED) is 0.322. The van der Waals surface area contributed by atoms with Gasteiger partial charge in [0.1, 0.15) is 0 Å². The van der Waals surface area contributed by atoms with E-state index in [-0.39, 0.29) is 0 Å². The van der Waals surface area contributed by atoms with Gasteiger partial charge in [-0.2, -0.15) is 0 Å². The largest absolute Gasteiger partial charge is 0.316 e. The summed E-state index contributed by atoms with van der Waals surface area (Å²) in [6.07, 6.45) is 8.05. The lowest BCUT2D eigenvalue weighted by molar-refractivity contribution is 0.180. The molecule has 0 radical (unpaired) electrons. The van der Waals surface area contributed by atoms with E-state index in [1.165, 1.54) is 22.4 Å². The molecule has 0 amide bonds. The van der Waals surface area contributed by atoms with Gasteiger partial charge in [-0.15, -0.1) is 0 Å². The van der Waals surface area contributed by atoms with Crippen molar-refractivity contribution in [1.29, 1.82) is 0 Å². The summed E-state index contributed by atoms with van der Waals surface area (Å²) in [6.45, 7) is 6.17. The molecule has 240 valence electrons. The number of hydrogen-bond donors (Lipinski definition) is 1. The Kier molecular flexibility index (Phi) is 12.7. The predicted molar refractivity (Wildman–Crippen MR) is 182 cm³/mol. The molecular weight excluding hydrogens is 593 g/mol. The normalized spacial score (nSPS) is 19.4. The minimum absolute atomic E-state index is 0.370. The van der Waals surface area contributed by atoms with Gasteiger partial charge in [0.2, 0.25) is 20.0 Å². The Balaban J connectivity index is 0.000000215. The average molecular weight is 641 g/mol. The second kappa shape index (κ2) is 16.4. The molecule has 2 aliphatic heterocycles. The number of nitrogens with one attached hydrogen (secondary N) is 1. The lowest BCUT2D eigenvalue weighted by atomic mass is 9.97. The van der Waals surface area contributed by atoms with E-state index in [0.717, 1.165) is 76.2 Å². The van der Waals surface area contributed by atoms with E-state index in [2.05, 4.69) is 34.5 Å². The molecule has 3 aromatic rings. The number of piperidine rings is 2. The van der Waals surface area contributed by atoms with Crippen LogP contribution in [0.1, 0.15) is 31.2 Å². The maximum Gasteiger partial charge on any atom is 0.232 e. The average Bonchev–Trinajstić information content (AvgIpc) is 3.03. The first-order valence-electron chi connectivity index (χ1n) is 15.6. The van der Waals surface area contributed by atoms with Crippen molar-refractivity contribution in [1.82, 2.24) is 10.2 Å². The van der Waals surface area contributed by atoms with Gasteiger partial charge in [0.25, 0.3) is 0 Å². The molecule has 2 heterocycles. The number of rotatable bonds is 11. The fraction of sp³-hybridized carbons (Fsp3) is 0.471. The molecular formula is C34H48N4O4S2. The number of para-hydroxylation sites is 2. The van der Waals surface area contributed by atoms with Crippen molar-refractivity contribution in [3.8, 4) is 0 Å².